The predicted molar refractivity (Wildman–Crippen MR) is 72.2 cm³/mol. The van der Waals surface area contributed by atoms with Crippen molar-refractivity contribution in [1.82, 2.24) is 14.5 Å². The predicted octanol–water partition coefficient (Wildman–Crippen LogP) is 3.79. The Morgan fingerprint density at radius 3 is 2.82 bits per heavy atom. The van der Waals surface area contributed by atoms with Crippen LogP contribution in [0.3, 0.4) is 0 Å². The topological polar surface area (TPSA) is 30.7 Å². The number of nitrogens with zero attached hydrogens (tertiary/aromatic N) is 3. The van der Waals surface area contributed by atoms with Gasteiger partial charge >= 0.3 is 0 Å². The Hall–Kier alpha value is -0.900. The third kappa shape index (κ3) is 1.88. The lowest BCUT2D eigenvalue weighted by Gasteiger charge is -2.05. The number of hydrogen-bond donors (Lipinski definition) is 0. The molecule has 0 saturated heterocycles. The first-order valence-electron chi connectivity index (χ1n) is 6.24. The number of aryl methyl sites for hydroxylation is 2. The second-order valence-corrected chi connectivity index (χ2v) is 5.64. The molecule has 2 heterocycles. The first kappa shape index (κ1) is 11.2. The van der Waals surface area contributed by atoms with Crippen molar-refractivity contribution in [3.63, 3.8) is 0 Å². The van der Waals surface area contributed by atoms with E-state index in [0.29, 0.717) is 6.04 Å². The van der Waals surface area contributed by atoms with Gasteiger partial charge in [0.05, 0.1) is 11.1 Å². The summed E-state index contributed by atoms with van der Waals surface area (Å²) in [6, 6.07) is 0.660. The quantitative estimate of drug-likeness (QED) is 0.862. The van der Waals surface area contributed by atoms with Crippen molar-refractivity contribution < 1.29 is 0 Å². The Morgan fingerprint density at radius 2 is 2.18 bits per heavy atom. The molecule has 0 aromatic carbocycles. The Kier molecular flexibility index (Phi) is 2.69. The number of halogens is 1. The van der Waals surface area contributed by atoms with Crippen LogP contribution in [-0.2, 0) is 6.42 Å². The Labute approximate surface area is 109 Å². The fourth-order valence-corrected chi connectivity index (χ4v) is 2.98. The van der Waals surface area contributed by atoms with Crippen LogP contribution in [0, 0.1) is 6.92 Å². The molecule has 2 aromatic heterocycles. The molecule has 0 amide bonds. The lowest BCUT2D eigenvalue weighted by atomic mass is 10.2. The molecular weight excluding hydrogens is 278 g/mol. The van der Waals surface area contributed by atoms with Crippen molar-refractivity contribution in [3.05, 3.63) is 22.2 Å². The first-order chi connectivity index (χ1) is 8.20. The molecule has 2 aromatic rings. The zero-order chi connectivity index (χ0) is 12.0. The van der Waals surface area contributed by atoms with Gasteiger partial charge in [-0.1, -0.05) is 6.92 Å². The molecule has 3 nitrogen and oxygen atoms in total. The Morgan fingerprint density at radius 1 is 1.41 bits per heavy atom. The van der Waals surface area contributed by atoms with E-state index in [4.69, 9.17) is 4.98 Å². The average molecular weight is 294 g/mol. The molecule has 3 rings (SSSR count). The Bertz CT molecular complexity index is 570. The van der Waals surface area contributed by atoms with Gasteiger partial charge in [0.1, 0.15) is 11.5 Å². The molecule has 0 radical (unpaired) electrons. The van der Waals surface area contributed by atoms with E-state index < -0.39 is 0 Å². The minimum Gasteiger partial charge on any atom is -0.328 e. The van der Waals surface area contributed by atoms with Gasteiger partial charge in [-0.05, 0) is 42.1 Å². The maximum atomic E-state index is 4.73. The highest BCUT2D eigenvalue weighted by Gasteiger charge is 2.27. The second kappa shape index (κ2) is 4.09. The molecule has 1 fully saturated rings. The van der Waals surface area contributed by atoms with Gasteiger partial charge in [-0.2, -0.15) is 0 Å². The first-order valence-corrected chi connectivity index (χ1v) is 7.03. The largest absolute Gasteiger partial charge is 0.328 e. The van der Waals surface area contributed by atoms with E-state index >= 15 is 0 Å². The van der Waals surface area contributed by atoms with Gasteiger partial charge in [0.2, 0.25) is 0 Å². The summed E-state index contributed by atoms with van der Waals surface area (Å²) in [7, 11) is 0. The molecule has 17 heavy (non-hydrogen) atoms. The van der Waals surface area contributed by atoms with Crippen LogP contribution in [0.25, 0.3) is 11.0 Å². The minimum atomic E-state index is 0.660. The van der Waals surface area contributed by atoms with Crippen LogP contribution in [0.15, 0.2) is 10.7 Å². The normalized spacial score (nSPS) is 15.7. The maximum absolute atomic E-state index is 4.73. The van der Waals surface area contributed by atoms with Crippen molar-refractivity contribution >= 4 is 27.0 Å². The molecule has 0 bridgehead atoms. The SMILES string of the molecule is CCCc1nc(C)c2c(Br)cn(C3CC3)c2n1. The second-order valence-electron chi connectivity index (χ2n) is 4.79. The molecule has 0 aliphatic heterocycles. The molecule has 4 heteroatoms. The number of rotatable bonds is 3. The zero-order valence-corrected chi connectivity index (χ0v) is 11.8. The fraction of sp³-hybridized carbons (Fsp3) is 0.538. The number of aromatic nitrogens is 3. The third-order valence-corrected chi connectivity index (χ3v) is 3.87. The zero-order valence-electron chi connectivity index (χ0n) is 10.2. The summed E-state index contributed by atoms with van der Waals surface area (Å²) in [5.74, 6) is 0.977. The van der Waals surface area contributed by atoms with Crippen LogP contribution in [0.5, 0.6) is 0 Å². The van der Waals surface area contributed by atoms with Crippen LogP contribution in [0.1, 0.15) is 43.7 Å². The van der Waals surface area contributed by atoms with Gasteiger partial charge < -0.3 is 4.57 Å². The van der Waals surface area contributed by atoms with E-state index in [9.17, 15) is 0 Å². The smallest absolute Gasteiger partial charge is 0.145 e. The lowest BCUT2D eigenvalue weighted by Crippen LogP contribution is -2.01. The van der Waals surface area contributed by atoms with Gasteiger partial charge in [0.15, 0.2) is 0 Å². The molecule has 0 spiro atoms. The highest BCUT2D eigenvalue weighted by atomic mass is 79.9. The molecular formula is C13H16BrN3. The van der Waals surface area contributed by atoms with E-state index in [2.05, 4.69) is 45.5 Å². The molecule has 1 aliphatic rings. The van der Waals surface area contributed by atoms with Crippen molar-refractivity contribution in [1.29, 1.82) is 0 Å². The Balaban J connectivity index is 2.22. The van der Waals surface area contributed by atoms with Crippen LogP contribution in [0.2, 0.25) is 0 Å². The van der Waals surface area contributed by atoms with Crippen LogP contribution >= 0.6 is 15.9 Å². The standard InChI is InChI=1S/C13H16BrN3/c1-3-4-11-15-8(2)12-10(14)7-17(9-5-6-9)13(12)16-11/h7,9H,3-6H2,1-2H3. The molecule has 0 atom stereocenters. The van der Waals surface area contributed by atoms with E-state index in [0.717, 1.165) is 34.5 Å². The van der Waals surface area contributed by atoms with E-state index in [-0.39, 0.29) is 0 Å². The average Bonchev–Trinajstić information content (AvgIpc) is 3.05. The number of fused-ring (bicyclic) bond motifs is 1. The van der Waals surface area contributed by atoms with Crippen molar-refractivity contribution in [2.75, 3.05) is 0 Å². The molecule has 0 unspecified atom stereocenters. The fourth-order valence-electron chi connectivity index (χ4n) is 2.30. The van der Waals surface area contributed by atoms with Crippen LogP contribution in [0.4, 0.5) is 0 Å². The summed E-state index contributed by atoms with van der Waals surface area (Å²) < 4.78 is 3.44. The van der Waals surface area contributed by atoms with Gasteiger partial charge in [-0.25, -0.2) is 9.97 Å². The van der Waals surface area contributed by atoms with Crippen molar-refractivity contribution in [3.8, 4) is 0 Å². The van der Waals surface area contributed by atoms with E-state index in [1.807, 2.05) is 0 Å². The highest BCUT2D eigenvalue weighted by molar-refractivity contribution is 9.10. The van der Waals surface area contributed by atoms with Crippen molar-refractivity contribution in [2.24, 2.45) is 0 Å². The molecule has 1 aliphatic carbocycles. The van der Waals surface area contributed by atoms with Gasteiger partial charge in [0.25, 0.3) is 0 Å². The molecule has 90 valence electrons. The van der Waals surface area contributed by atoms with E-state index in [1.165, 1.54) is 18.2 Å². The monoisotopic (exact) mass is 293 g/mol. The summed E-state index contributed by atoms with van der Waals surface area (Å²) in [4.78, 5) is 9.32. The third-order valence-electron chi connectivity index (χ3n) is 3.27. The number of hydrogen-bond acceptors (Lipinski definition) is 2. The minimum absolute atomic E-state index is 0.660. The molecule has 0 N–H and O–H groups in total. The summed E-state index contributed by atoms with van der Waals surface area (Å²) in [5, 5.41) is 1.18. The summed E-state index contributed by atoms with van der Waals surface area (Å²) in [5.41, 5.74) is 2.19. The van der Waals surface area contributed by atoms with Gasteiger partial charge in [-0.3, -0.25) is 0 Å². The lowest BCUT2D eigenvalue weighted by molar-refractivity contribution is 0.753. The summed E-state index contributed by atoms with van der Waals surface area (Å²) in [6.07, 6.45) is 6.78. The van der Waals surface area contributed by atoms with Gasteiger partial charge in [0, 0.05) is 23.1 Å². The van der Waals surface area contributed by atoms with E-state index in [1.54, 1.807) is 0 Å². The van der Waals surface area contributed by atoms with Crippen LogP contribution in [-0.4, -0.2) is 14.5 Å². The molecule has 1 saturated carbocycles. The van der Waals surface area contributed by atoms with Crippen molar-refractivity contribution in [2.45, 2.75) is 45.6 Å². The maximum Gasteiger partial charge on any atom is 0.145 e. The van der Waals surface area contributed by atoms with Crippen LogP contribution < -0.4 is 0 Å². The highest BCUT2D eigenvalue weighted by Crippen LogP contribution is 2.40. The van der Waals surface area contributed by atoms with Gasteiger partial charge in [-0.15, -0.1) is 0 Å². The summed E-state index contributed by atoms with van der Waals surface area (Å²) in [6.45, 7) is 4.24. The summed E-state index contributed by atoms with van der Waals surface area (Å²) >= 11 is 3.63.